The van der Waals surface area contributed by atoms with Gasteiger partial charge in [-0.25, -0.2) is 13.9 Å². The van der Waals surface area contributed by atoms with E-state index >= 15 is 0 Å². The smallest absolute Gasteiger partial charge is 0.426 e. The van der Waals surface area contributed by atoms with Crippen molar-refractivity contribution in [1.82, 2.24) is 14.3 Å². The van der Waals surface area contributed by atoms with Gasteiger partial charge in [0.15, 0.2) is 11.8 Å². The van der Waals surface area contributed by atoms with E-state index < -0.39 is 94.0 Å². The Morgan fingerprint density at radius 1 is 0.762 bits per heavy atom. The third-order valence-corrected chi connectivity index (χ3v) is 12.3. The Hall–Kier alpha value is -5.11. The minimum Gasteiger partial charge on any atom is -0.426 e. The fraction of sp³-hybridized carbons (Fsp3) is 0.390. The zero-order valence-electron chi connectivity index (χ0n) is 35.0. The molecule has 338 valence electrons. The maximum absolute atomic E-state index is 14.0. The largest absolute Gasteiger partial charge is 0.484 e. The van der Waals surface area contributed by atoms with Crippen molar-refractivity contribution in [2.45, 2.75) is 85.8 Å². The maximum Gasteiger partial charge on any atom is 0.484 e. The summed E-state index contributed by atoms with van der Waals surface area (Å²) in [4.78, 5) is 61.8. The highest BCUT2D eigenvalue weighted by atomic mass is 31.3. The van der Waals surface area contributed by atoms with Gasteiger partial charge in [-0.2, -0.15) is 4.31 Å². The predicted octanol–water partition coefficient (Wildman–Crippen LogP) is 5.40. The number of aliphatic hydroxyl groups is 2. The Bertz CT molecular complexity index is 2570. The number of nitrogens with zero attached hydrogens (tertiary/aromatic N) is 3. The number of benzene rings is 3. The first-order chi connectivity index (χ1) is 29.5. The van der Waals surface area contributed by atoms with E-state index in [0.717, 1.165) is 21.4 Å². The molecule has 0 amide bonds. The second kappa shape index (κ2) is 18.9. The van der Waals surface area contributed by atoms with Gasteiger partial charge in [0.1, 0.15) is 35.5 Å². The van der Waals surface area contributed by atoms with Gasteiger partial charge in [0.05, 0.1) is 37.2 Å². The van der Waals surface area contributed by atoms with Gasteiger partial charge in [0.25, 0.3) is 5.56 Å². The summed E-state index contributed by atoms with van der Waals surface area (Å²) in [6, 6.07) is 19.6. The minimum atomic E-state index is -5.43. The second-order valence-electron chi connectivity index (χ2n) is 16.5. The molecule has 0 saturated carbocycles. The van der Waals surface area contributed by atoms with E-state index in [9.17, 15) is 43.4 Å². The minimum absolute atomic E-state index is 0.217. The van der Waals surface area contributed by atoms with E-state index in [2.05, 4.69) is 5.16 Å². The molecule has 1 aliphatic heterocycles. The second-order valence-corrected chi connectivity index (χ2v) is 19.8. The molecule has 3 heterocycles. The monoisotopic (exact) mass is 915 g/mol. The van der Waals surface area contributed by atoms with E-state index in [1.54, 1.807) is 65.8 Å². The third-order valence-electron chi connectivity index (χ3n) is 9.34. The Labute approximate surface area is 360 Å². The van der Waals surface area contributed by atoms with Crippen LogP contribution in [-0.2, 0) is 61.1 Å². The summed E-state index contributed by atoms with van der Waals surface area (Å²) in [5.41, 5.74) is -1.78. The number of hydrogen-bond donors (Lipinski definition) is 3. The normalized spacial score (nSPS) is 19.2. The Morgan fingerprint density at radius 3 is 1.84 bits per heavy atom. The Balaban J connectivity index is 1.14. The van der Waals surface area contributed by atoms with Crippen LogP contribution in [0.2, 0.25) is 0 Å². The van der Waals surface area contributed by atoms with Crippen LogP contribution in [-0.4, -0.2) is 66.3 Å². The number of phosphoric ester groups is 2. The van der Waals surface area contributed by atoms with Crippen molar-refractivity contribution in [2.75, 3.05) is 6.61 Å². The summed E-state index contributed by atoms with van der Waals surface area (Å²) in [5.74, 6) is -0.527. The summed E-state index contributed by atoms with van der Waals surface area (Å²) in [6.07, 6.45) is -5.74. The van der Waals surface area contributed by atoms with Gasteiger partial charge in [-0.05, 0) is 89.1 Å². The molecular weight excluding hydrogens is 868 g/mol. The number of phosphoric acid groups is 2. The fourth-order valence-electron chi connectivity index (χ4n) is 5.71. The van der Waals surface area contributed by atoms with Crippen LogP contribution in [0.15, 0.2) is 99.2 Å². The number of hydrogen-bond acceptors (Lipinski definition) is 17. The van der Waals surface area contributed by atoms with Gasteiger partial charge in [-0.1, -0.05) is 41.6 Å². The van der Waals surface area contributed by atoms with Gasteiger partial charge >= 0.3 is 33.3 Å². The number of fused-ring (bicyclic) bond motifs is 1. The first-order valence-electron chi connectivity index (χ1n) is 19.4. The lowest BCUT2D eigenvalue weighted by Crippen LogP contribution is -2.43. The Morgan fingerprint density at radius 2 is 1.30 bits per heavy atom. The summed E-state index contributed by atoms with van der Waals surface area (Å²) in [6.45, 7) is 7.87. The highest BCUT2D eigenvalue weighted by Gasteiger charge is 2.46. The van der Waals surface area contributed by atoms with E-state index in [-0.39, 0.29) is 23.7 Å². The van der Waals surface area contributed by atoms with Crippen LogP contribution in [0.25, 0.3) is 11.0 Å². The molecule has 1 fully saturated rings. The molecule has 1 saturated heterocycles. The molecule has 5 atom stereocenters. The molecule has 22 heteroatoms. The van der Waals surface area contributed by atoms with Crippen molar-refractivity contribution in [1.29, 1.82) is 0 Å². The molecule has 20 nitrogen and oxygen atoms in total. The van der Waals surface area contributed by atoms with E-state index in [4.69, 9.17) is 36.6 Å². The molecule has 0 bridgehead atoms. The van der Waals surface area contributed by atoms with E-state index in [1.807, 2.05) is 0 Å². The molecule has 0 spiro atoms. The number of carbonyl (C=O) groups is 2. The first-order valence-corrected chi connectivity index (χ1v) is 22.3. The number of esters is 2. The highest BCUT2D eigenvalue weighted by Crippen LogP contribution is 2.64. The average molecular weight is 916 g/mol. The van der Waals surface area contributed by atoms with Crippen LogP contribution in [0.3, 0.4) is 0 Å². The van der Waals surface area contributed by atoms with Gasteiger partial charge in [0, 0.05) is 17.6 Å². The van der Waals surface area contributed by atoms with E-state index in [0.29, 0.717) is 22.1 Å². The number of para-hydroxylation sites is 1. The first kappa shape index (κ1) is 47.4. The van der Waals surface area contributed by atoms with E-state index in [1.165, 1.54) is 48.5 Å². The average Bonchev–Trinajstić information content (AvgIpc) is 3.76. The quantitative estimate of drug-likeness (QED) is 0.0636. The number of aliphatic hydroxyl groups excluding tert-OH is 2. The number of ether oxygens (including phenoxy) is 3. The lowest BCUT2D eigenvalue weighted by molar-refractivity contribution is -0.143. The van der Waals surface area contributed by atoms with Gasteiger partial charge in [-0.3, -0.25) is 37.1 Å². The number of aromatic nitrogens is 3. The van der Waals surface area contributed by atoms with Crippen LogP contribution in [0.4, 0.5) is 0 Å². The number of rotatable bonds is 16. The zero-order chi connectivity index (χ0) is 45.9. The topological polar surface area (TPSA) is 264 Å². The lowest BCUT2D eigenvalue weighted by atomic mass is 9.97. The van der Waals surface area contributed by atoms with Crippen LogP contribution in [0.1, 0.15) is 64.6 Å². The number of carbonyl (C=O) groups excluding carboxylic acids is 2. The highest BCUT2D eigenvalue weighted by molar-refractivity contribution is 7.61. The van der Waals surface area contributed by atoms with Gasteiger partial charge < -0.3 is 33.8 Å². The molecule has 2 aromatic heterocycles. The molecule has 0 aliphatic carbocycles. The van der Waals surface area contributed by atoms with Crippen molar-refractivity contribution in [3.05, 3.63) is 123 Å². The predicted molar refractivity (Wildman–Crippen MR) is 221 cm³/mol. The van der Waals surface area contributed by atoms with Crippen molar-refractivity contribution in [3.63, 3.8) is 0 Å². The molecule has 0 radical (unpaired) electrons. The van der Waals surface area contributed by atoms with Gasteiger partial charge in [0.2, 0.25) is 0 Å². The van der Waals surface area contributed by atoms with Crippen LogP contribution < -0.4 is 20.7 Å². The van der Waals surface area contributed by atoms with Crippen molar-refractivity contribution in [2.24, 2.45) is 10.8 Å². The molecule has 2 unspecified atom stereocenters. The van der Waals surface area contributed by atoms with Crippen molar-refractivity contribution in [3.8, 4) is 11.5 Å². The fourth-order valence-corrected chi connectivity index (χ4v) is 8.31. The van der Waals surface area contributed by atoms with Crippen molar-refractivity contribution >= 4 is 38.6 Å². The summed E-state index contributed by atoms with van der Waals surface area (Å²) in [5, 5.41) is 26.3. The van der Waals surface area contributed by atoms with Crippen LogP contribution in [0, 0.1) is 10.8 Å². The molecule has 6 rings (SSSR count). The summed E-state index contributed by atoms with van der Waals surface area (Å²) < 4.78 is 71.8. The molecular formula is C41H47N3O17P2. The zero-order valence-corrected chi connectivity index (χ0v) is 36.8. The molecule has 63 heavy (non-hydrogen) atoms. The molecule has 5 aromatic rings. The molecule has 3 aromatic carbocycles. The lowest BCUT2D eigenvalue weighted by Gasteiger charge is -2.22. The third kappa shape index (κ3) is 11.9. The molecule has 1 aliphatic rings. The van der Waals surface area contributed by atoms with Gasteiger partial charge in [-0.15, -0.1) is 0 Å². The standard InChI is InChI=1S/C41H47N3O17P2/c1-40(2,3)37(48)57-27-15-11-25(12-16-27)22-55-63(53,56-23-26-13-17-28(18-14-26)58-38(49)41(4,5)6)61-62(51,52)54-24-32-34(46)35(47)36(59-32)43-20-19-33(45)44(39(43)50)21-30-29-9-7-8-10-31(29)60-42-30/h7-20,32,34-36,46-47H,21-24H2,1-6H3,(H,51,52)/t32-,34?,35+,36-/m1/s1. The summed E-state index contributed by atoms with van der Waals surface area (Å²) >= 11 is 0. The maximum atomic E-state index is 14.0. The Kier molecular flexibility index (Phi) is 14.2. The summed E-state index contributed by atoms with van der Waals surface area (Å²) in [7, 11) is -10.5. The van der Waals surface area contributed by atoms with Crippen LogP contribution >= 0.6 is 15.6 Å². The van der Waals surface area contributed by atoms with Crippen LogP contribution in [0.5, 0.6) is 11.5 Å². The SMILES string of the molecule is CC(C)(C)C(=O)Oc1ccc(COP(=O)(OCc2ccc(OC(=O)C(C)(C)C)cc2)OP(=O)(O)OC[C@H]2O[C@@H](n3ccc(=O)n(Cc4noc5ccccc45)c3=O)[C@@H](O)C2O)cc1. The van der Waals surface area contributed by atoms with Crippen molar-refractivity contribution < 1.29 is 70.4 Å². The molecule has 3 N–H and O–H groups in total.